The van der Waals surface area contributed by atoms with Gasteiger partial charge in [0, 0.05) is 39.1 Å². The molecule has 1 heterocycles. The third-order valence-corrected chi connectivity index (χ3v) is 4.95. The summed E-state index contributed by atoms with van der Waals surface area (Å²) >= 11 is 0. The molecule has 0 aliphatic heterocycles. The second kappa shape index (κ2) is 7.51. The molecule has 0 radical (unpaired) electrons. The fourth-order valence-corrected chi connectivity index (χ4v) is 3.36. The lowest BCUT2D eigenvalue weighted by atomic mass is 9.65. The molecule has 5 heteroatoms. The summed E-state index contributed by atoms with van der Waals surface area (Å²) in [6, 6.07) is 4.12. The number of aliphatic imine (C=N–C) groups is 1. The Morgan fingerprint density at radius 1 is 1.24 bits per heavy atom. The van der Waals surface area contributed by atoms with Crippen LogP contribution in [0.4, 0.5) is 0 Å². The van der Waals surface area contributed by atoms with E-state index in [0.717, 1.165) is 31.5 Å². The minimum Gasteiger partial charge on any atom is -0.356 e. The Hall–Kier alpha value is -0.720. The Morgan fingerprint density at radius 3 is 2.48 bits per heavy atom. The first-order valence-corrected chi connectivity index (χ1v) is 7.88. The second-order valence-corrected chi connectivity index (χ2v) is 6.26. The van der Waals surface area contributed by atoms with Crippen molar-refractivity contribution in [2.24, 2.45) is 16.3 Å². The molecular formula is C16H27IN4. The number of hydrogen-bond donors (Lipinski definition) is 2. The van der Waals surface area contributed by atoms with Crippen molar-refractivity contribution in [2.45, 2.75) is 38.6 Å². The van der Waals surface area contributed by atoms with E-state index in [1.54, 1.807) is 0 Å². The molecule has 21 heavy (non-hydrogen) atoms. The molecule has 0 unspecified atom stereocenters. The summed E-state index contributed by atoms with van der Waals surface area (Å²) in [6.07, 6.45) is 11.3. The number of nitrogens with one attached hydrogen (secondary N) is 2. The number of rotatable bonds is 6. The average Bonchev–Trinajstić information content (AvgIpc) is 3.12. The Balaban J connectivity index is 0.00000161. The van der Waals surface area contributed by atoms with Crippen molar-refractivity contribution in [3.8, 4) is 0 Å². The average molecular weight is 402 g/mol. The Bertz CT molecular complexity index is 447. The van der Waals surface area contributed by atoms with Crippen molar-refractivity contribution in [3.63, 3.8) is 0 Å². The zero-order valence-electron chi connectivity index (χ0n) is 12.8. The maximum Gasteiger partial charge on any atom is 0.191 e. The minimum atomic E-state index is 0. The van der Waals surface area contributed by atoms with Crippen molar-refractivity contribution in [1.82, 2.24) is 15.2 Å². The number of nitrogens with zero attached hydrogens (tertiary/aromatic N) is 2. The van der Waals surface area contributed by atoms with Crippen LogP contribution in [0.15, 0.2) is 29.5 Å². The SMILES string of the molecule is CN=C(NCCn1cccc1)NCC1(C2CC2)CCC1.I. The Morgan fingerprint density at radius 2 is 1.95 bits per heavy atom. The minimum absolute atomic E-state index is 0. The van der Waals surface area contributed by atoms with Crippen molar-refractivity contribution in [2.75, 3.05) is 20.1 Å². The van der Waals surface area contributed by atoms with E-state index in [1.165, 1.54) is 32.1 Å². The summed E-state index contributed by atoms with van der Waals surface area (Å²) in [4.78, 5) is 4.33. The van der Waals surface area contributed by atoms with Crippen LogP contribution in [-0.4, -0.2) is 30.7 Å². The second-order valence-electron chi connectivity index (χ2n) is 6.26. The quantitative estimate of drug-likeness (QED) is 0.437. The maximum atomic E-state index is 4.33. The number of aromatic nitrogens is 1. The van der Waals surface area contributed by atoms with Crippen LogP contribution >= 0.6 is 24.0 Å². The summed E-state index contributed by atoms with van der Waals surface area (Å²) in [5, 5.41) is 6.95. The summed E-state index contributed by atoms with van der Waals surface area (Å²) in [5.74, 6) is 1.94. The van der Waals surface area contributed by atoms with Gasteiger partial charge in [-0.05, 0) is 49.1 Å². The summed E-state index contributed by atoms with van der Waals surface area (Å²) in [5.41, 5.74) is 0.595. The lowest BCUT2D eigenvalue weighted by Crippen LogP contribution is -2.47. The summed E-state index contributed by atoms with van der Waals surface area (Å²) in [7, 11) is 1.86. The first-order chi connectivity index (χ1) is 9.82. The van der Waals surface area contributed by atoms with E-state index in [4.69, 9.17) is 0 Å². The number of halogens is 1. The molecule has 4 nitrogen and oxygen atoms in total. The molecule has 0 bridgehead atoms. The van der Waals surface area contributed by atoms with Gasteiger partial charge in [-0.3, -0.25) is 4.99 Å². The topological polar surface area (TPSA) is 41.4 Å². The van der Waals surface area contributed by atoms with E-state index >= 15 is 0 Å². The molecule has 0 saturated heterocycles. The van der Waals surface area contributed by atoms with Crippen molar-refractivity contribution >= 4 is 29.9 Å². The van der Waals surface area contributed by atoms with Gasteiger partial charge in [0.05, 0.1) is 0 Å². The van der Waals surface area contributed by atoms with Crippen LogP contribution in [0.2, 0.25) is 0 Å². The van der Waals surface area contributed by atoms with E-state index in [1.807, 2.05) is 7.05 Å². The lowest BCUT2D eigenvalue weighted by Gasteiger charge is -2.43. The lowest BCUT2D eigenvalue weighted by molar-refractivity contribution is 0.106. The molecule has 0 amide bonds. The Labute approximate surface area is 144 Å². The highest BCUT2D eigenvalue weighted by Crippen LogP contribution is 2.56. The van der Waals surface area contributed by atoms with E-state index in [-0.39, 0.29) is 24.0 Å². The molecule has 2 N–H and O–H groups in total. The first kappa shape index (κ1) is 16.6. The van der Waals surface area contributed by atoms with Crippen LogP contribution in [0, 0.1) is 11.3 Å². The maximum absolute atomic E-state index is 4.33. The summed E-state index contributed by atoms with van der Waals surface area (Å²) in [6.45, 7) is 2.98. The van der Waals surface area contributed by atoms with E-state index in [9.17, 15) is 0 Å². The van der Waals surface area contributed by atoms with Gasteiger partial charge in [0.15, 0.2) is 5.96 Å². The van der Waals surface area contributed by atoms with Gasteiger partial charge >= 0.3 is 0 Å². The molecule has 0 spiro atoms. The summed E-state index contributed by atoms with van der Waals surface area (Å²) < 4.78 is 2.18. The van der Waals surface area contributed by atoms with Crippen LogP contribution in [0.5, 0.6) is 0 Å². The van der Waals surface area contributed by atoms with Crippen LogP contribution in [-0.2, 0) is 6.54 Å². The third-order valence-electron chi connectivity index (χ3n) is 4.95. The first-order valence-electron chi connectivity index (χ1n) is 7.88. The fourth-order valence-electron chi connectivity index (χ4n) is 3.36. The van der Waals surface area contributed by atoms with Gasteiger partial charge in [-0.15, -0.1) is 24.0 Å². The van der Waals surface area contributed by atoms with E-state index < -0.39 is 0 Å². The highest BCUT2D eigenvalue weighted by molar-refractivity contribution is 14.0. The van der Waals surface area contributed by atoms with Crippen LogP contribution < -0.4 is 10.6 Å². The van der Waals surface area contributed by atoms with Crippen molar-refractivity contribution in [1.29, 1.82) is 0 Å². The molecule has 1 aromatic rings. The zero-order valence-corrected chi connectivity index (χ0v) is 15.2. The standard InChI is InChI=1S/C16H26N4.HI/c1-17-15(18-9-12-20-10-2-3-11-20)19-13-16(7-4-8-16)14-5-6-14;/h2-3,10-11,14H,4-9,12-13H2,1H3,(H2,17,18,19);1H. The molecule has 3 rings (SSSR count). The third kappa shape index (κ3) is 4.14. The van der Waals surface area contributed by atoms with Gasteiger partial charge in [-0.1, -0.05) is 6.42 Å². The van der Waals surface area contributed by atoms with Gasteiger partial charge in [0.25, 0.3) is 0 Å². The van der Waals surface area contributed by atoms with Crippen LogP contribution in [0.1, 0.15) is 32.1 Å². The highest BCUT2D eigenvalue weighted by Gasteiger charge is 2.48. The molecule has 118 valence electrons. The zero-order chi connectivity index (χ0) is 13.8. The van der Waals surface area contributed by atoms with Crippen molar-refractivity contribution in [3.05, 3.63) is 24.5 Å². The van der Waals surface area contributed by atoms with Gasteiger partial charge in [0.2, 0.25) is 0 Å². The van der Waals surface area contributed by atoms with Gasteiger partial charge in [0.1, 0.15) is 0 Å². The monoisotopic (exact) mass is 402 g/mol. The predicted octanol–water partition coefficient (Wildman–Crippen LogP) is 2.85. The normalized spacial score (nSPS) is 20.3. The molecular weight excluding hydrogens is 375 g/mol. The van der Waals surface area contributed by atoms with Crippen LogP contribution in [0.25, 0.3) is 0 Å². The van der Waals surface area contributed by atoms with Crippen molar-refractivity contribution < 1.29 is 0 Å². The van der Waals surface area contributed by atoms with Gasteiger partial charge in [-0.25, -0.2) is 0 Å². The smallest absolute Gasteiger partial charge is 0.191 e. The highest BCUT2D eigenvalue weighted by atomic mass is 127. The van der Waals surface area contributed by atoms with Crippen LogP contribution in [0.3, 0.4) is 0 Å². The molecule has 2 aliphatic carbocycles. The van der Waals surface area contributed by atoms with E-state index in [2.05, 4.69) is 44.7 Å². The molecule has 0 aromatic carbocycles. The molecule has 2 fully saturated rings. The number of hydrogen-bond acceptors (Lipinski definition) is 1. The molecule has 2 saturated carbocycles. The predicted molar refractivity (Wildman–Crippen MR) is 98.2 cm³/mol. The Kier molecular flexibility index (Phi) is 5.96. The molecule has 1 aromatic heterocycles. The largest absolute Gasteiger partial charge is 0.356 e. The van der Waals surface area contributed by atoms with Gasteiger partial charge in [-0.2, -0.15) is 0 Å². The van der Waals surface area contributed by atoms with Gasteiger partial charge < -0.3 is 15.2 Å². The fraction of sp³-hybridized carbons (Fsp3) is 0.688. The molecule has 0 atom stereocenters. The molecule has 2 aliphatic rings. The number of guanidine groups is 1. The van der Waals surface area contributed by atoms with E-state index in [0.29, 0.717) is 5.41 Å².